The van der Waals surface area contributed by atoms with E-state index in [1.807, 2.05) is 13.8 Å². The molecule has 128 valence electrons. The maximum Gasteiger partial charge on any atom is 0.317 e. The monoisotopic (exact) mass is 338 g/mol. The van der Waals surface area contributed by atoms with Crippen LogP contribution in [-0.2, 0) is 16.3 Å². The first kappa shape index (κ1) is 17.8. The van der Waals surface area contributed by atoms with Gasteiger partial charge in [-0.2, -0.15) is 0 Å². The van der Waals surface area contributed by atoms with E-state index in [1.54, 1.807) is 4.90 Å². The summed E-state index contributed by atoms with van der Waals surface area (Å²) >= 11 is 0. The van der Waals surface area contributed by atoms with E-state index in [-0.39, 0.29) is 24.4 Å². The predicted octanol–water partition coefficient (Wildman–Crippen LogP) is 2.30. The van der Waals surface area contributed by atoms with Crippen molar-refractivity contribution in [3.63, 3.8) is 0 Å². The number of nitrogens with one attached hydrogen (secondary N) is 1. The second-order valence-electron chi connectivity index (χ2n) is 6.52. The Morgan fingerprint density at radius 2 is 2.09 bits per heavy atom. The van der Waals surface area contributed by atoms with Gasteiger partial charge in [0.2, 0.25) is 0 Å². The highest BCUT2D eigenvalue weighted by Crippen LogP contribution is 2.36. The number of hydrogen-bond acceptors (Lipinski definition) is 3. The minimum absolute atomic E-state index is 0.00955. The van der Waals surface area contributed by atoms with E-state index >= 15 is 0 Å². The molecule has 0 aliphatic heterocycles. The first-order chi connectivity index (χ1) is 10.7. The van der Waals surface area contributed by atoms with Crippen LogP contribution in [0, 0.1) is 12.8 Å². The van der Waals surface area contributed by atoms with Gasteiger partial charge in [0.15, 0.2) is 0 Å². The Balaban J connectivity index is 2.09. The molecule has 1 aliphatic carbocycles. The van der Waals surface area contributed by atoms with Crippen molar-refractivity contribution in [1.29, 1.82) is 0 Å². The van der Waals surface area contributed by atoms with Gasteiger partial charge in [-0.3, -0.25) is 0 Å². The van der Waals surface area contributed by atoms with Crippen LogP contribution in [-0.4, -0.2) is 44.4 Å². The highest BCUT2D eigenvalue weighted by atomic mass is 32.2. The Morgan fingerprint density at radius 1 is 1.39 bits per heavy atom. The number of aryl methyl sites for hydroxylation is 1. The lowest BCUT2D eigenvalue weighted by atomic mass is 10.0. The fourth-order valence-electron chi connectivity index (χ4n) is 3.08. The Hall–Kier alpha value is -1.56. The van der Waals surface area contributed by atoms with Crippen molar-refractivity contribution in [2.45, 2.75) is 33.2 Å². The number of rotatable bonds is 5. The van der Waals surface area contributed by atoms with Crippen LogP contribution in [0.1, 0.15) is 36.6 Å². The summed E-state index contributed by atoms with van der Waals surface area (Å²) in [6, 6.07) is 6.16. The van der Waals surface area contributed by atoms with Crippen molar-refractivity contribution in [3.05, 3.63) is 34.9 Å². The van der Waals surface area contributed by atoms with Crippen molar-refractivity contribution in [2.24, 2.45) is 5.92 Å². The lowest BCUT2D eigenvalue weighted by Gasteiger charge is -2.26. The molecule has 0 bridgehead atoms. The smallest absolute Gasteiger partial charge is 0.317 e. The Kier molecular flexibility index (Phi) is 5.34. The van der Waals surface area contributed by atoms with Crippen LogP contribution >= 0.6 is 0 Å². The van der Waals surface area contributed by atoms with Gasteiger partial charge in [-0.05, 0) is 37.3 Å². The lowest BCUT2D eigenvalue weighted by Crippen LogP contribution is -2.44. The van der Waals surface area contributed by atoms with E-state index in [0.717, 1.165) is 6.42 Å². The van der Waals surface area contributed by atoms with Crippen molar-refractivity contribution in [3.8, 4) is 0 Å². The number of sulfone groups is 1. The standard InChI is InChI=1S/C17H26N2O3S/c1-5-19(8-9-23(4,21)22)17(20)18-16-13(3)11-14-7-6-12(2)10-15(14)16/h6-7,10,13,16H,5,8-9,11H2,1-4H3,(H,18,20)/t13-,16-/m0/s1. The predicted molar refractivity (Wildman–Crippen MR) is 92.3 cm³/mol. The van der Waals surface area contributed by atoms with Gasteiger partial charge in [-0.25, -0.2) is 13.2 Å². The van der Waals surface area contributed by atoms with Gasteiger partial charge in [0.1, 0.15) is 9.84 Å². The average Bonchev–Trinajstić information content (AvgIpc) is 2.74. The van der Waals surface area contributed by atoms with Gasteiger partial charge >= 0.3 is 6.03 Å². The summed E-state index contributed by atoms with van der Waals surface area (Å²) in [5.41, 5.74) is 3.65. The number of urea groups is 1. The maximum absolute atomic E-state index is 12.5. The van der Waals surface area contributed by atoms with Gasteiger partial charge in [-0.1, -0.05) is 30.7 Å². The number of carbonyl (C=O) groups is 1. The van der Waals surface area contributed by atoms with E-state index in [9.17, 15) is 13.2 Å². The minimum Gasteiger partial charge on any atom is -0.331 e. The van der Waals surface area contributed by atoms with E-state index in [2.05, 4.69) is 30.4 Å². The molecule has 1 aliphatic rings. The lowest BCUT2D eigenvalue weighted by molar-refractivity contribution is 0.196. The number of fused-ring (bicyclic) bond motifs is 1. The molecule has 1 aromatic carbocycles. The Morgan fingerprint density at radius 3 is 2.70 bits per heavy atom. The van der Waals surface area contributed by atoms with E-state index in [1.165, 1.54) is 22.9 Å². The molecule has 23 heavy (non-hydrogen) atoms. The normalized spacial score (nSPS) is 20.2. The summed E-state index contributed by atoms with van der Waals surface area (Å²) in [6.07, 6.45) is 2.15. The third-order valence-electron chi connectivity index (χ3n) is 4.43. The zero-order valence-corrected chi connectivity index (χ0v) is 15.1. The molecule has 5 nitrogen and oxygen atoms in total. The van der Waals surface area contributed by atoms with Gasteiger partial charge in [0, 0.05) is 19.3 Å². The van der Waals surface area contributed by atoms with E-state index < -0.39 is 9.84 Å². The number of carbonyl (C=O) groups excluding carboxylic acids is 1. The highest BCUT2D eigenvalue weighted by molar-refractivity contribution is 7.90. The van der Waals surface area contributed by atoms with Crippen LogP contribution in [0.15, 0.2) is 18.2 Å². The van der Waals surface area contributed by atoms with Gasteiger partial charge < -0.3 is 10.2 Å². The molecule has 1 N–H and O–H groups in total. The van der Waals surface area contributed by atoms with E-state index in [0.29, 0.717) is 12.5 Å². The average molecular weight is 338 g/mol. The molecule has 0 saturated heterocycles. The maximum atomic E-state index is 12.5. The Bertz CT molecular complexity index is 685. The molecular weight excluding hydrogens is 312 g/mol. The summed E-state index contributed by atoms with van der Waals surface area (Å²) in [5.74, 6) is 0.328. The van der Waals surface area contributed by atoms with Crippen molar-refractivity contribution in [1.82, 2.24) is 10.2 Å². The van der Waals surface area contributed by atoms with Crippen molar-refractivity contribution in [2.75, 3.05) is 25.1 Å². The summed E-state index contributed by atoms with van der Waals surface area (Å²) < 4.78 is 22.6. The summed E-state index contributed by atoms with van der Waals surface area (Å²) in [7, 11) is -3.08. The molecule has 0 spiro atoms. The molecule has 0 unspecified atom stereocenters. The highest BCUT2D eigenvalue weighted by Gasteiger charge is 2.31. The molecule has 0 saturated carbocycles. The molecule has 0 fully saturated rings. The van der Waals surface area contributed by atoms with Crippen LogP contribution in [0.25, 0.3) is 0 Å². The van der Waals surface area contributed by atoms with Gasteiger partial charge in [0.05, 0.1) is 11.8 Å². The van der Waals surface area contributed by atoms with Crippen LogP contribution < -0.4 is 5.32 Å². The largest absolute Gasteiger partial charge is 0.331 e. The number of amides is 2. The first-order valence-electron chi connectivity index (χ1n) is 8.04. The number of hydrogen-bond donors (Lipinski definition) is 1. The summed E-state index contributed by atoms with van der Waals surface area (Å²) in [6.45, 7) is 6.75. The molecule has 0 aromatic heterocycles. The topological polar surface area (TPSA) is 66.5 Å². The summed E-state index contributed by atoms with van der Waals surface area (Å²) in [4.78, 5) is 14.1. The number of benzene rings is 1. The number of nitrogens with zero attached hydrogens (tertiary/aromatic N) is 1. The molecule has 2 amide bonds. The zero-order valence-electron chi connectivity index (χ0n) is 14.3. The van der Waals surface area contributed by atoms with Gasteiger partial charge in [-0.15, -0.1) is 0 Å². The second kappa shape index (κ2) is 6.91. The minimum atomic E-state index is -3.08. The van der Waals surface area contributed by atoms with Crippen LogP contribution in [0.2, 0.25) is 0 Å². The third kappa shape index (κ3) is 4.47. The molecule has 2 atom stereocenters. The molecule has 0 radical (unpaired) electrons. The fourth-order valence-corrected chi connectivity index (χ4v) is 3.64. The van der Waals surface area contributed by atoms with Crippen molar-refractivity contribution >= 4 is 15.9 Å². The molecule has 1 aromatic rings. The summed E-state index contributed by atoms with van der Waals surface area (Å²) in [5, 5.41) is 3.09. The molecule has 6 heteroatoms. The molecule has 0 heterocycles. The van der Waals surface area contributed by atoms with Crippen molar-refractivity contribution < 1.29 is 13.2 Å². The van der Waals surface area contributed by atoms with Crippen LogP contribution in [0.3, 0.4) is 0 Å². The Labute approximate surface area is 139 Å². The SMILES string of the molecule is CCN(CCS(C)(=O)=O)C(=O)N[C@@H]1c2cc(C)ccc2C[C@@H]1C. The second-order valence-corrected chi connectivity index (χ2v) is 8.78. The first-order valence-corrected chi connectivity index (χ1v) is 10.1. The molecular formula is C17H26N2O3S. The van der Waals surface area contributed by atoms with E-state index in [4.69, 9.17) is 0 Å². The van der Waals surface area contributed by atoms with Gasteiger partial charge in [0.25, 0.3) is 0 Å². The fraction of sp³-hybridized carbons (Fsp3) is 0.588. The van der Waals surface area contributed by atoms with Crippen LogP contribution in [0.4, 0.5) is 4.79 Å². The quantitative estimate of drug-likeness (QED) is 0.896. The molecule has 2 rings (SSSR count). The van der Waals surface area contributed by atoms with Crippen LogP contribution in [0.5, 0.6) is 0 Å². The third-order valence-corrected chi connectivity index (χ3v) is 5.35. The zero-order chi connectivity index (χ0) is 17.2.